The number of imidazole rings is 1. The molecule has 4 rings (SSSR count). The van der Waals surface area contributed by atoms with Crippen LogP contribution in [0.3, 0.4) is 0 Å². The van der Waals surface area contributed by atoms with Gasteiger partial charge < -0.3 is 20.4 Å². The number of fused-ring (bicyclic) bond motifs is 1. The molecular formula is C26H28ClN5O2. The van der Waals surface area contributed by atoms with Crippen LogP contribution in [0.4, 0.5) is 4.79 Å². The Bertz CT molecular complexity index is 1290. The minimum absolute atomic E-state index is 0.250. The molecule has 0 aliphatic rings. The van der Waals surface area contributed by atoms with Gasteiger partial charge in [-0.3, -0.25) is 4.98 Å². The molecule has 0 aliphatic carbocycles. The van der Waals surface area contributed by atoms with Crippen LogP contribution in [0.1, 0.15) is 19.7 Å². The second-order valence-electron chi connectivity index (χ2n) is 8.66. The van der Waals surface area contributed by atoms with Crippen molar-refractivity contribution in [2.45, 2.75) is 19.3 Å². The summed E-state index contributed by atoms with van der Waals surface area (Å²) in [6, 6.07) is 16.0. The van der Waals surface area contributed by atoms with E-state index in [-0.39, 0.29) is 6.03 Å². The summed E-state index contributed by atoms with van der Waals surface area (Å²) in [5, 5.41) is 7.82. The fourth-order valence-corrected chi connectivity index (χ4v) is 3.83. The number of rotatable bonds is 8. The molecule has 8 heteroatoms. The SMILES string of the molecule is COc1ccc2cc(-c3nc(C(C)(C)CNC(=O)NCCCl)[nH]c3-c3ccncc3)ccc2c1. The molecule has 0 spiro atoms. The van der Waals surface area contributed by atoms with Gasteiger partial charge in [0.25, 0.3) is 0 Å². The zero-order valence-electron chi connectivity index (χ0n) is 19.5. The van der Waals surface area contributed by atoms with Crippen molar-refractivity contribution in [2.24, 2.45) is 0 Å². The smallest absolute Gasteiger partial charge is 0.314 e. The molecule has 0 atom stereocenters. The number of carbonyl (C=O) groups excluding carboxylic acids is 1. The molecular weight excluding hydrogens is 450 g/mol. The summed E-state index contributed by atoms with van der Waals surface area (Å²) in [7, 11) is 1.67. The van der Waals surface area contributed by atoms with Crippen LogP contribution < -0.4 is 15.4 Å². The number of ether oxygens (including phenoxy) is 1. The van der Waals surface area contributed by atoms with Gasteiger partial charge in [0.2, 0.25) is 0 Å². The Morgan fingerprint density at radius 2 is 1.76 bits per heavy atom. The monoisotopic (exact) mass is 477 g/mol. The van der Waals surface area contributed by atoms with E-state index in [0.29, 0.717) is 19.0 Å². The number of nitrogens with one attached hydrogen (secondary N) is 3. The lowest BCUT2D eigenvalue weighted by molar-refractivity contribution is 0.238. The third-order valence-electron chi connectivity index (χ3n) is 5.71. The molecule has 2 aromatic heterocycles. The number of amides is 2. The maximum atomic E-state index is 12.0. The van der Waals surface area contributed by atoms with E-state index in [2.05, 4.69) is 38.8 Å². The van der Waals surface area contributed by atoms with Gasteiger partial charge in [-0.15, -0.1) is 11.6 Å². The largest absolute Gasteiger partial charge is 0.497 e. The molecule has 4 aromatic rings. The van der Waals surface area contributed by atoms with Crippen molar-refractivity contribution in [3.63, 3.8) is 0 Å². The third-order valence-corrected chi connectivity index (χ3v) is 5.89. The molecule has 0 bridgehead atoms. The lowest BCUT2D eigenvalue weighted by atomic mass is 9.92. The van der Waals surface area contributed by atoms with Gasteiger partial charge in [-0.05, 0) is 41.1 Å². The average Bonchev–Trinajstić information content (AvgIpc) is 3.33. The van der Waals surface area contributed by atoms with Crippen LogP contribution in [0.25, 0.3) is 33.3 Å². The average molecular weight is 478 g/mol. The van der Waals surface area contributed by atoms with E-state index >= 15 is 0 Å². The molecule has 2 aromatic carbocycles. The van der Waals surface area contributed by atoms with Crippen molar-refractivity contribution < 1.29 is 9.53 Å². The number of urea groups is 1. The van der Waals surface area contributed by atoms with E-state index in [4.69, 9.17) is 21.3 Å². The number of halogens is 1. The molecule has 0 saturated heterocycles. The third kappa shape index (κ3) is 5.15. The summed E-state index contributed by atoms with van der Waals surface area (Å²) in [5.74, 6) is 1.97. The fourth-order valence-electron chi connectivity index (χ4n) is 3.74. The van der Waals surface area contributed by atoms with Gasteiger partial charge in [0.1, 0.15) is 11.6 Å². The molecule has 2 heterocycles. The molecule has 176 valence electrons. The number of alkyl halides is 1. The first kappa shape index (κ1) is 23.6. The van der Waals surface area contributed by atoms with Crippen LogP contribution in [0.5, 0.6) is 5.75 Å². The number of benzene rings is 2. The number of H-pyrrole nitrogens is 1. The number of hydrogen-bond acceptors (Lipinski definition) is 4. The lowest BCUT2D eigenvalue weighted by Crippen LogP contribution is -2.43. The van der Waals surface area contributed by atoms with Gasteiger partial charge in [-0.1, -0.05) is 32.0 Å². The Balaban J connectivity index is 1.72. The lowest BCUT2D eigenvalue weighted by Gasteiger charge is -2.22. The maximum Gasteiger partial charge on any atom is 0.314 e. The Labute approximate surface area is 203 Å². The molecule has 0 saturated carbocycles. The van der Waals surface area contributed by atoms with Gasteiger partial charge in [0, 0.05) is 47.9 Å². The molecule has 3 N–H and O–H groups in total. The topological polar surface area (TPSA) is 91.9 Å². The quantitative estimate of drug-likeness (QED) is 0.307. The number of pyridine rings is 1. The minimum atomic E-state index is -0.442. The molecule has 0 aliphatic heterocycles. The number of carbonyl (C=O) groups is 1. The van der Waals surface area contributed by atoms with Crippen LogP contribution in [-0.2, 0) is 5.41 Å². The Kier molecular flexibility index (Phi) is 7.03. The highest BCUT2D eigenvalue weighted by atomic mass is 35.5. The van der Waals surface area contributed by atoms with Crippen molar-refractivity contribution >= 4 is 28.4 Å². The molecule has 2 amide bonds. The predicted molar refractivity (Wildman–Crippen MR) is 136 cm³/mol. The van der Waals surface area contributed by atoms with Crippen molar-refractivity contribution in [2.75, 3.05) is 26.1 Å². The van der Waals surface area contributed by atoms with Crippen molar-refractivity contribution in [3.05, 3.63) is 66.7 Å². The Morgan fingerprint density at radius 3 is 2.50 bits per heavy atom. The van der Waals surface area contributed by atoms with Crippen LogP contribution in [0.2, 0.25) is 0 Å². The fraction of sp³-hybridized carbons (Fsp3) is 0.269. The van der Waals surface area contributed by atoms with Gasteiger partial charge in [-0.2, -0.15) is 0 Å². The van der Waals surface area contributed by atoms with E-state index in [0.717, 1.165) is 44.9 Å². The van der Waals surface area contributed by atoms with E-state index in [1.165, 1.54) is 0 Å². The minimum Gasteiger partial charge on any atom is -0.497 e. The highest BCUT2D eigenvalue weighted by Gasteiger charge is 2.27. The second-order valence-corrected chi connectivity index (χ2v) is 9.03. The summed E-state index contributed by atoms with van der Waals surface area (Å²) < 4.78 is 5.35. The molecule has 7 nitrogen and oxygen atoms in total. The highest BCUT2D eigenvalue weighted by molar-refractivity contribution is 6.18. The molecule has 34 heavy (non-hydrogen) atoms. The van der Waals surface area contributed by atoms with Crippen molar-refractivity contribution in [1.82, 2.24) is 25.6 Å². The second kappa shape index (κ2) is 10.1. The normalized spacial score (nSPS) is 11.4. The summed E-state index contributed by atoms with van der Waals surface area (Å²) in [6.07, 6.45) is 3.53. The number of nitrogens with zero attached hydrogens (tertiary/aromatic N) is 2. The predicted octanol–water partition coefficient (Wildman–Crippen LogP) is 5.12. The zero-order valence-corrected chi connectivity index (χ0v) is 20.2. The van der Waals surface area contributed by atoms with Gasteiger partial charge in [0.15, 0.2) is 0 Å². The van der Waals surface area contributed by atoms with E-state index in [1.807, 2.05) is 44.2 Å². The van der Waals surface area contributed by atoms with Crippen molar-refractivity contribution in [3.8, 4) is 28.3 Å². The number of aromatic amines is 1. The van der Waals surface area contributed by atoms with Gasteiger partial charge in [0.05, 0.1) is 18.5 Å². The van der Waals surface area contributed by atoms with E-state index in [9.17, 15) is 4.79 Å². The Hall–Kier alpha value is -3.58. The number of aromatic nitrogens is 3. The van der Waals surface area contributed by atoms with Crippen LogP contribution >= 0.6 is 11.6 Å². The van der Waals surface area contributed by atoms with Crippen LogP contribution in [0.15, 0.2) is 60.9 Å². The molecule has 0 fully saturated rings. The van der Waals surface area contributed by atoms with E-state index < -0.39 is 5.41 Å². The van der Waals surface area contributed by atoms with Crippen LogP contribution in [-0.4, -0.2) is 47.1 Å². The number of hydrogen-bond donors (Lipinski definition) is 3. The summed E-state index contributed by atoms with van der Waals surface area (Å²) in [6.45, 7) is 4.90. The summed E-state index contributed by atoms with van der Waals surface area (Å²) in [5.41, 5.74) is 3.30. The summed E-state index contributed by atoms with van der Waals surface area (Å²) in [4.78, 5) is 24.7. The maximum absolute atomic E-state index is 12.0. The van der Waals surface area contributed by atoms with E-state index in [1.54, 1.807) is 19.5 Å². The highest BCUT2D eigenvalue weighted by Crippen LogP contribution is 2.35. The first-order valence-electron chi connectivity index (χ1n) is 11.1. The van der Waals surface area contributed by atoms with Gasteiger partial charge in [-0.25, -0.2) is 9.78 Å². The zero-order chi connectivity index (χ0) is 24.1. The summed E-state index contributed by atoms with van der Waals surface area (Å²) >= 11 is 5.65. The van der Waals surface area contributed by atoms with Gasteiger partial charge >= 0.3 is 6.03 Å². The standard InChI is InChI=1S/C26H28ClN5O2/c1-26(2,16-30-25(33)29-13-10-27)24-31-22(17-8-11-28-12-9-17)23(32-24)20-5-4-19-15-21(34-3)7-6-18(19)14-20/h4-9,11-12,14-15H,10,13,16H2,1-3H3,(H,31,32)(H2,29,30,33). The Morgan fingerprint density at radius 1 is 1.03 bits per heavy atom. The van der Waals surface area contributed by atoms with Crippen molar-refractivity contribution in [1.29, 1.82) is 0 Å². The molecule has 0 radical (unpaired) electrons. The first-order valence-corrected chi connectivity index (χ1v) is 11.6. The molecule has 0 unspecified atom stereocenters. The first-order chi connectivity index (χ1) is 16.4. The number of methoxy groups -OCH3 is 1. The van der Waals surface area contributed by atoms with Crippen LogP contribution in [0, 0.1) is 0 Å².